The number of aliphatic hydroxyl groups is 1. The van der Waals surface area contributed by atoms with Crippen LogP contribution < -0.4 is 5.32 Å². The Kier molecular flexibility index (Phi) is 4.19. The van der Waals surface area contributed by atoms with Crippen molar-refractivity contribution in [1.29, 1.82) is 0 Å². The molecule has 2 fully saturated rings. The number of likely N-dealkylation sites (tertiary alicyclic amines) is 1. The van der Waals surface area contributed by atoms with E-state index in [-0.39, 0.29) is 5.54 Å². The highest BCUT2D eigenvalue weighted by Crippen LogP contribution is 2.35. The predicted octanol–water partition coefficient (Wildman–Crippen LogP) is 0.212. The molecule has 16 heavy (non-hydrogen) atoms. The first-order valence-electron chi connectivity index (χ1n) is 6.38. The Morgan fingerprint density at radius 1 is 1.38 bits per heavy atom. The maximum absolute atomic E-state index is 9.27. The minimum atomic E-state index is 0.0966. The molecule has 0 radical (unpaired) electrons. The van der Waals surface area contributed by atoms with E-state index in [0.29, 0.717) is 12.6 Å². The molecule has 1 aliphatic carbocycles. The molecule has 0 aromatic heterocycles. The van der Waals surface area contributed by atoms with Gasteiger partial charge in [-0.3, -0.25) is 0 Å². The van der Waals surface area contributed by atoms with E-state index in [0.717, 1.165) is 39.1 Å². The largest absolute Gasteiger partial charge is 0.394 e. The van der Waals surface area contributed by atoms with Crippen molar-refractivity contribution < 1.29 is 9.84 Å². The number of piperidine rings is 1. The topological polar surface area (TPSA) is 44.7 Å². The predicted molar refractivity (Wildman–Crippen MR) is 63.5 cm³/mol. The molecule has 0 bridgehead atoms. The minimum Gasteiger partial charge on any atom is -0.394 e. The van der Waals surface area contributed by atoms with Crippen molar-refractivity contribution in [2.75, 3.05) is 40.0 Å². The van der Waals surface area contributed by atoms with Crippen LogP contribution in [0, 0.1) is 0 Å². The number of ether oxygens (including phenoxy) is 1. The standard InChI is InChI=1S/C12H24N2O2/c1-16-9-8-14-6-2-11(3-7-14)13-12(10-15)4-5-12/h11,13,15H,2-10H2,1H3. The molecule has 0 aromatic carbocycles. The molecule has 0 atom stereocenters. The number of aliphatic hydroxyl groups excluding tert-OH is 1. The highest BCUT2D eigenvalue weighted by molar-refractivity contribution is 5.03. The van der Waals surface area contributed by atoms with Gasteiger partial charge in [0, 0.05) is 25.2 Å². The molecule has 1 heterocycles. The van der Waals surface area contributed by atoms with Gasteiger partial charge in [-0.25, -0.2) is 0 Å². The quantitative estimate of drug-likeness (QED) is 0.682. The first-order chi connectivity index (χ1) is 7.78. The van der Waals surface area contributed by atoms with E-state index in [1.807, 2.05) is 0 Å². The fourth-order valence-electron chi connectivity index (χ4n) is 2.45. The summed E-state index contributed by atoms with van der Waals surface area (Å²) in [4.78, 5) is 2.46. The SMILES string of the molecule is COCCN1CCC(NC2(CO)CC2)CC1. The fourth-order valence-corrected chi connectivity index (χ4v) is 2.45. The van der Waals surface area contributed by atoms with Crippen molar-refractivity contribution in [3.05, 3.63) is 0 Å². The van der Waals surface area contributed by atoms with Gasteiger partial charge < -0.3 is 20.1 Å². The van der Waals surface area contributed by atoms with Crippen LogP contribution in [0.2, 0.25) is 0 Å². The second-order valence-electron chi connectivity index (χ2n) is 5.19. The molecule has 2 N–H and O–H groups in total. The lowest BCUT2D eigenvalue weighted by Crippen LogP contribution is -2.49. The van der Waals surface area contributed by atoms with Crippen molar-refractivity contribution in [1.82, 2.24) is 10.2 Å². The number of nitrogens with one attached hydrogen (secondary N) is 1. The highest BCUT2D eigenvalue weighted by atomic mass is 16.5. The second-order valence-corrected chi connectivity index (χ2v) is 5.19. The number of methoxy groups -OCH3 is 1. The molecule has 0 aromatic rings. The molecular weight excluding hydrogens is 204 g/mol. The van der Waals surface area contributed by atoms with Crippen LogP contribution in [0.3, 0.4) is 0 Å². The summed E-state index contributed by atoms with van der Waals surface area (Å²) < 4.78 is 5.09. The number of hydrogen-bond donors (Lipinski definition) is 2. The fraction of sp³-hybridized carbons (Fsp3) is 1.00. The van der Waals surface area contributed by atoms with Gasteiger partial charge in [0.25, 0.3) is 0 Å². The average molecular weight is 228 g/mol. The summed E-state index contributed by atoms with van der Waals surface area (Å²) in [5.41, 5.74) is 0.0966. The van der Waals surface area contributed by atoms with Crippen LogP contribution in [0.5, 0.6) is 0 Å². The van der Waals surface area contributed by atoms with E-state index < -0.39 is 0 Å². The van der Waals surface area contributed by atoms with E-state index in [4.69, 9.17) is 4.74 Å². The first-order valence-corrected chi connectivity index (χ1v) is 6.38. The molecule has 0 spiro atoms. The van der Waals surface area contributed by atoms with Crippen LogP contribution in [0.4, 0.5) is 0 Å². The molecule has 1 saturated heterocycles. The van der Waals surface area contributed by atoms with Crippen LogP contribution in [-0.4, -0.2) is 61.5 Å². The van der Waals surface area contributed by atoms with Crippen molar-refractivity contribution in [2.45, 2.75) is 37.3 Å². The summed E-state index contributed by atoms with van der Waals surface area (Å²) in [5, 5.41) is 12.9. The molecule has 2 rings (SSSR count). The lowest BCUT2D eigenvalue weighted by molar-refractivity contribution is 0.119. The molecule has 94 valence electrons. The van der Waals surface area contributed by atoms with E-state index in [9.17, 15) is 5.11 Å². The van der Waals surface area contributed by atoms with Crippen molar-refractivity contribution >= 4 is 0 Å². The van der Waals surface area contributed by atoms with Crippen molar-refractivity contribution in [3.63, 3.8) is 0 Å². The van der Waals surface area contributed by atoms with Crippen LogP contribution >= 0.6 is 0 Å². The zero-order valence-corrected chi connectivity index (χ0v) is 10.2. The summed E-state index contributed by atoms with van der Waals surface area (Å²) >= 11 is 0. The Bertz CT molecular complexity index is 211. The maximum atomic E-state index is 9.27. The van der Waals surface area contributed by atoms with Crippen LogP contribution in [0.1, 0.15) is 25.7 Å². The molecule has 1 saturated carbocycles. The second kappa shape index (κ2) is 5.45. The Morgan fingerprint density at radius 3 is 2.56 bits per heavy atom. The highest BCUT2D eigenvalue weighted by Gasteiger charge is 2.43. The van der Waals surface area contributed by atoms with Gasteiger partial charge >= 0.3 is 0 Å². The summed E-state index contributed by atoms with van der Waals surface area (Å²) in [6, 6.07) is 0.605. The van der Waals surface area contributed by atoms with Gasteiger partial charge in [-0.15, -0.1) is 0 Å². The van der Waals surface area contributed by atoms with E-state index in [1.165, 1.54) is 12.8 Å². The van der Waals surface area contributed by atoms with Crippen LogP contribution in [-0.2, 0) is 4.74 Å². The van der Waals surface area contributed by atoms with Crippen LogP contribution in [0.25, 0.3) is 0 Å². The van der Waals surface area contributed by atoms with Gasteiger partial charge in [-0.2, -0.15) is 0 Å². The van der Waals surface area contributed by atoms with Gasteiger partial charge in [0.1, 0.15) is 0 Å². The Balaban J connectivity index is 1.65. The molecule has 0 unspecified atom stereocenters. The third-order valence-corrected chi connectivity index (χ3v) is 3.87. The monoisotopic (exact) mass is 228 g/mol. The van der Waals surface area contributed by atoms with Gasteiger partial charge in [-0.1, -0.05) is 0 Å². The van der Waals surface area contributed by atoms with Gasteiger partial charge in [-0.05, 0) is 38.8 Å². The summed E-state index contributed by atoms with van der Waals surface area (Å²) in [6.07, 6.45) is 4.69. The smallest absolute Gasteiger partial charge is 0.0613 e. The van der Waals surface area contributed by atoms with E-state index in [2.05, 4.69) is 10.2 Å². The molecule has 4 nitrogen and oxygen atoms in total. The number of hydrogen-bond acceptors (Lipinski definition) is 4. The van der Waals surface area contributed by atoms with Crippen molar-refractivity contribution in [3.8, 4) is 0 Å². The van der Waals surface area contributed by atoms with Gasteiger partial charge in [0.15, 0.2) is 0 Å². The minimum absolute atomic E-state index is 0.0966. The maximum Gasteiger partial charge on any atom is 0.0613 e. The zero-order valence-electron chi connectivity index (χ0n) is 10.2. The molecule has 4 heteroatoms. The number of rotatable bonds is 6. The Morgan fingerprint density at radius 2 is 2.06 bits per heavy atom. The lowest BCUT2D eigenvalue weighted by Gasteiger charge is -2.34. The van der Waals surface area contributed by atoms with E-state index >= 15 is 0 Å². The average Bonchev–Trinajstić information content (AvgIpc) is 3.09. The number of nitrogens with zero attached hydrogens (tertiary/aromatic N) is 1. The molecule has 1 aliphatic heterocycles. The summed E-state index contributed by atoms with van der Waals surface area (Å²) in [7, 11) is 1.76. The normalized spacial score (nSPS) is 25.9. The molecular formula is C12H24N2O2. The third-order valence-electron chi connectivity index (χ3n) is 3.87. The summed E-state index contributed by atoms with van der Waals surface area (Å²) in [5.74, 6) is 0. The van der Waals surface area contributed by atoms with Gasteiger partial charge in [0.05, 0.1) is 13.2 Å². The Labute approximate surface area is 98.0 Å². The lowest BCUT2D eigenvalue weighted by atomic mass is 10.0. The summed E-state index contributed by atoms with van der Waals surface area (Å²) in [6.45, 7) is 4.50. The third kappa shape index (κ3) is 3.17. The van der Waals surface area contributed by atoms with E-state index in [1.54, 1.807) is 7.11 Å². The first kappa shape index (κ1) is 12.3. The zero-order chi connectivity index (χ0) is 11.4. The molecule has 0 amide bonds. The van der Waals surface area contributed by atoms with Crippen LogP contribution in [0.15, 0.2) is 0 Å². The Hall–Kier alpha value is -0.160. The van der Waals surface area contributed by atoms with Crippen molar-refractivity contribution in [2.24, 2.45) is 0 Å². The van der Waals surface area contributed by atoms with Gasteiger partial charge in [0.2, 0.25) is 0 Å². The molecule has 2 aliphatic rings.